The van der Waals surface area contributed by atoms with Gasteiger partial charge in [0.1, 0.15) is 0 Å². The van der Waals surface area contributed by atoms with Gasteiger partial charge in [0.15, 0.2) is 15.6 Å². The average molecular weight is 413 g/mol. The first-order valence-electron chi connectivity index (χ1n) is 9.58. The highest BCUT2D eigenvalue weighted by Crippen LogP contribution is 2.19. The molecule has 2 aromatic carbocycles. The van der Waals surface area contributed by atoms with Crippen molar-refractivity contribution in [3.63, 3.8) is 0 Å². The van der Waals surface area contributed by atoms with E-state index in [1.807, 2.05) is 55.5 Å². The maximum atomic E-state index is 12.7. The Morgan fingerprint density at radius 2 is 1.66 bits per heavy atom. The van der Waals surface area contributed by atoms with Crippen LogP contribution in [0.5, 0.6) is 0 Å². The molecule has 2 rings (SSSR count). The Labute approximate surface area is 173 Å². The molecule has 0 amide bonds. The van der Waals surface area contributed by atoms with E-state index >= 15 is 0 Å². The molecule has 0 unspecified atom stereocenters. The predicted molar refractivity (Wildman–Crippen MR) is 118 cm³/mol. The van der Waals surface area contributed by atoms with Gasteiger partial charge in [0.2, 0.25) is 0 Å². The maximum Gasteiger partial charge on any atom is 0.165 e. The lowest BCUT2D eigenvalue weighted by Gasteiger charge is -2.20. The normalized spacial score (nSPS) is 14.2. The van der Waals surface area contributed by atoms with E-state index in [2.05, 4.69) is 6.58 Å². The number of sulfone groups is 1. The zero-order valence-electron chi connectivity index (χ0n) is 17.0. The fourth-order valence-corrected chi connectivity index (χ4v) is 3.98. The summed E-state index contributed by atoms with van der Waals surface area (Å²) in [5, 5.41) is -0.685. The summed E-state index contributed by atoms with van der Waals surface area (Å²) in [4.78, 5) is 12.7. The first-order valence-corrected chi connectivity index (χ1v) is 11.3. The molecule has 0 aromatic heterocycles. The molecule has 0 aliphatic rings. The largest absolute Gasteiger partial charge is 0.369 e. The zero-order valence-corrected chi connectivity index (χ0v) is 17.8. The number of ketones is 1. The zero-order chi connectivity index (χ0) is 21.3. The van der Waals surface area contributed by atoms with E-state index in [9.17, 15) is 13.2 Å². The molecule has 0 aliphatic carbocycles. The van der Waals surface area contributed by atoms with Crippen molar-refractivity contribution in [1.29, 1.82) is 0 Å². The molecular formula is C24H28O4S. The maximum absolute atomic E-state index is 12.7. The van der Waals surface area contributed by atoms with E-state index in [-0.39, 0.29) is 18.0 Å². The third-order valence-corrected chi connectivity index (χ3v) is 6.65. The topological polar surface area (TPSA) is 60.4 Å². The summed E-state index contributed by atoms with van der Waals surface area (Å²) >= 11 is 0. The van der Waals surface area contributed by atoms with Crippen LogP contribution in [0.1, 0.15) is 36.2 Å². The predicted octanol–water partition coefficient (Wildman–Crippen LogP) is 4.78. The molecule has 0 N–H and O–H groups in total. The van der Waals surface area contributed by atoms with Gasteiger partial charge in [-0.1, -0.05) is 72.8 Å². The van der Waals surface area contributed by atoms with Gasteiger partial charge in [-0.3, -0.25) is 4.79 Å². The van der Waals surface area contributed by atoms with E-state index in [1.54, 1.807) is 25.1 Å². The van der Waals surface area contributed by atoms with Crippen LogP contribution in [0.25, 0.3) is 0 Å². The summed E-state index contributed by atoms with van der Waals surface area (Å²) in [6, 6.07) is 18.7. The molecule has 0 bridgehead atoms. The van der Waals surface area contributed by atoms with E-state index in [0.29, 0.717) is 12.2 Å². The van der Waals surface area contributed by atoms with Crippen molar-refractivity contribution < 1.29 is 17.9 Å². The van der Waals surface area contributed by atoms with Gasteiger partial charge in [-0.25, -0.2) is 8.42 Å². The van der Waals surface area contributed by atoms with Gasteiger partial charge in [0.05, 0.1) is 23.7 Å². The van der Waals surface area contributed by atoms with Crippen LogP contribution in [0.3, 0.4) is 0 Å². The van der Waals surface area contributed by atoms with Gasteiger partial charge >= 0.3 is 0 Å². The lowest BCUT2D eigenvalue weighted by atomic mass is 10.00. The number of carbonyl (C=O) groups is 1. The molecule has 0 spiro atoms. The van der Waals surface area contributed by atoms with Crippen LogP contribution >= 0.6 is 0 Å². The van der Waals surface area contributed by atoms with Crippen LogP contribution < -0.4 is 0 Å². The third-order valence-electron chi connectivity index (χ3n) is 4.68. The molecule has 0 radical (unpaired) electrons. The number of hydrogen-bond acceptors (Lipinski definition) is 4. The summed E-state index contributed by atoms with van der Waals surface area (Å²) in [5.41, 5.74) is 2.33. The second kappa shape index (κ2) is 10.9. The molecule has 2 aromatic rings. The van der Waals surface area contributed by atoms with Crippen LogP contribution in [0.15, 0.2) is 85.0 Å². The summed E-state index contributed by atoms with van der Waals surface area (Å²) in [5.74, 6) is -0.130. The molecule has 29 heavy (non-hydrogen) atoms. The van der Waals surface area contributed by atoms with Gasteiger partial charge < -0.3 is 4.74 Å². The SMILES string of the molecule is C=CCS(=O)(=O)[C@@H](C)/C=C(/C)[C@@H](CC(=O)c1ccccc1)OCc1ccccc1. The molecule has 0 saturated carbocycles. The Morgan fingerprint density at radius 1 is 1.07 bits per heavy atom. The molecule has 0 fully saturated rings. The molecule has 2 atom stereocenters. The Hall–Kier alpha value is -2.50. The monoisotopic (exact) mass is 412 g/mol. The lowest BCUT2D eigenvalue weighted by molar-refractivity contribution is 0.0530. The number of Topliss-reactive ketones (excluding diaryl/α,β-unsaturated/α-hetero) is 1. The molecule has 4 nitrogen and oxygen atoms in total. The summed E-state index contributed by atoms with van der Waals surface area (Å²) < 4.78 is 30.6. The van der Waals surface area contributed by atoms with Gasteiger partial charge in [0.25, 0.3) is 0 Å². The molecule has 0 saturated heterocycles. The minimum atomic E-state index is -3.32. The number of hydrogen-bond donors (Lipinski definition) is 0. The van der Waals surface area contributed by atoms with Crippen molar-refractivity contribution in [2.24, 2.45) is 0 Å². The highest BCUT2D eigenvalue weighted by Gasteiger charge is 2.22. The van der Waals surface area contributed by atoms with Gasteiger partial charge in [-0.15, -0.1) is 6.58 Å². The van der Waals surface area contributed by atoms with Gasteiger partial charge in [-0.05, 0) is 25.0 Å². The second-order valence-corrected chi connectivity index (χ2v) is 9.42. The average Bonchev–Trinajstić information content (AvgIpc) is 2.72. The summed E-state index contributed by atoms with van der Waals surface area (Å²) in [7, 11) is -3.32. The third kappa shape index (κ3) is 7.11. The first kappa shape index (κ1) is 22.8. The van der Waals surface area contributed by atoms with Crippen LogP contribution in [0, 0.1) is 0 Å². The molecule has 154 valence electrons. The molecule has 0 aliphatic heterocycles. The van der Waals surface area contributed by atoms with E-state index in [4.69, 9.17) is 4.74 Å². The van der Waals surface area contributed by atoms with Crippen molar-refractivity contribution in [3.05, 3.63) is 96.1 Å². The number of carbonyl (C=O) groups excluding carboxylic acids is 1. The van der Waals surface area contributed by atoms with Gasteiger partial charge in [-0.2, -0.15) is 0 Å². The standard InChI is InChI=1S/C24H28O4S/c1-4-15-29(26,27)20(3)16-19(2)24(28-18-21-11-7-5-8-12-21)17-23(25)22-13-9-6-10-14-22/h4-14,16,20,24H,1,15,17-18H2,2-3H3/b19-16-/t20-,24+/m0/s1. The highest BCUT2D eigenvalue weighted by atomic mass is 32.2. The van der Waals surface area contributed by atoms with Crippen molar-refractivity contribution in [1.82, 2.24) is 0 Å². The van der Waals surface area contributed by atoms with Crippen LogP contribution in [0.4, 0.5) is 0 Å². The molecular weight excluding hydrogens is 384 g/mol. The van der Waals surface area contributed by atoms with Crippen molar-refractivity contribution in [2.75, 3.05) is 5.75 Å². The summed E-state index contributed by atoms with van der Waals surface area (Å²) in [6.07, 6.45) is 2.70. The van der Waals surface area contributed by atoms with E-state index < -0.39 is 21.2 Å². The number of benzene rings is 2. The van der Waals surface area contributed by atoms with E-state index in [0.717, 1.165) is 11.1 Å². The lowest BCUT2D eigenvalue weighted by Crippen LogP contribution is -2.23. The van der Waals surface area contributed by atoms with E-state index in [1.165, 1.54) is 6.08 Å². The van der Waals surface area contributed by atoms with Crippen LogP contribution in [-0.2, 0) is 21.2 Å². The van der Waals surface area contributed by atoms with Crippen molar-refractivity contribution in [3.8, 4) is 0 Å². The van der Waals surface area contributed by atoms with Crippen molar-refractivity contribution in [2.45, 2.75) is 38.2 Å². The number of rotatable bonds is 11. The van der Waals surface area contributed by atoms with Crippen LogP contribution in [0.2, 0.25) is 0 Å². The molecule has 0 heterocycles. The summed E-state index contributed by atoms with van der Waals surface area (Å²) in [6.45, 7) is 7.30. The second-order valence-electron chi connectivity index (χ2n) is 7.01. The van der Waals surface area contributed by atoms with Crippen molar-refractivity contribution >= 4 is 15.6 Å². The minimum absolute atomic E-state index is 0.0435. The minimum Gasteiger partial charge on any atom is -0.369 e. The van der Waals surface area contributed by atoms with Gasteiger partial charge in [0, 0.05) is 12.0 Å². The fraction of sp³-hybridized carbons (Fsp3) is 0.292. The smallest absolute Gasteiger partial charge is 0.165 e. The quantitative estimate of drug-likeness (QED) is 0.394. The highest BCUT2D eigenvalue weighted by molar-refractivity contribution is 7.92. The number of ether oxygens (including phenoxy) is 1. The Kier molecular flexibility index (Phi) is 8.55. The molecule has 5 heteroatoms. The van der Waals surface area contributed by atoms with Crippen LogP contribution in [-0.4, -0.2) is 31.3 Å². The first-order chi connectivity index (χ1) is 13.8. The Balaban J connectivity index is 2.21. The Bertz CT molecular complexity index is 931. The Morgan fingerprint density at radius 3 is 2.24 bits per heavy atom. The fourth-order valence-electron chi connectivity index (χ4n) is 2.93.